The Labute approximate surface area is 102 Å². The first-order chi connectivity index (χ1) is 7.93. The summed E-state index contributed by atoms with van der Waals surface area (Å²) in [6.45, 7) is 3.08. The highest BCUT2D eigenvalue weighted by molar-refractivity contribution is 7.92. The van der Waals surface area contributed by atoms with Crippen LogP contribution in [0.3, 0.4) is 0 Å². The Morgan fingerprint density at radius 1 is 1.29 bits per heavy atom. The fraction of sp³-hybridized carbons (Fsp3) is 0.417. The zero-order chi connectivity index (χ0) is 13.1. The molecule has 0 heterocycles. The van der Waals surface area contributed by atoms with Crippen LogP contribution in [0.4, 0.5) is 0 Å². The van der Waals surface area contributed by atoms with Gasteiger partial charge >= 0.3 is 0 Å². The van der Waals surface area contributed by atoms with Crippen molar-refractivity contribution >= 4 is 15.6 Å². The van der Waals surface area contributed by atoms with Gasteiger partial charge in [0.2, 0.25) is 0 Å². The van der Waals surface area contributed by atoms with Crippen molar-refractivity contribution < 1.29 is 17.9 Å². The predicted molar refractivity (Wildman–Crippen MR) is 64.9 cm³/mol. The number of carbonyl (C=O) groups is 1. The van der Waals surface area contributed by atoms with Gasteiger partial charge in [-0.2, -0.15) is 0 Å². The van der Waals surface area contributed by atoms with Crippen molar-refractivity contribution in [2.24, 2.45) is 0 Å². The van der Waals surface area contributed by atoms with Crippen LogP contribution in [0.2, 0.25) is 0 Å². The molecular weight excluding hydrogens is 240 g/mol. The standard InChI is InChI=1S/C12H16O4S/c1-4-12(13)9(2)17(14,15)11-7-5-10(16-3)6-8-11/h5-9H,4H2,1-3H3. The van der Waals surface area contributed by atoms with Crippen LogP contribution >= 0.6 is 0 Å². The largest absolute Gasteiger partial charge is 0.497 e. The van der Waals surface area contributed by atoms with Gasteiger partial charge in [0.05, 0.1) is 12.0 Å². The van der Waals surface area contributed by atoms with E-state index in [2.05, 4.69) is 0 Å². The summed E-state index contributed by atoms with van der Waals surface area (Å²) in [5, 5.41) is -0.999. The van der Waals surface area contributed by atoms with E-state index in [0.29, 0.717) is 5.75 Å². The number of sulfone groups is 1. The fourth-order valence-corrected chi connectivity index (χ4v) is 2.87. The number of hydrogen-bond donors (Lipinski definition) is 0. The minimum atomic E-state index is -3.58. The quantitative estimate of drug-likeness (QED) is 0.806. The Hall–Kier alpha value is -1.36. The first-order valence-corrected chi connectivity index (χ1v) is 6.88. The number of ether oxygens (including phenoxy) is 1. The van der Waals surface area contributed by atoms with Gasteiger partial charge < -0.3 is 4.74 Å². The second-order valence-corrected chi connectivity index (χ2v) is 5.95. The second kappa shape index (κ2) is 5.31. The van der Waals surface area contributed by atoms with E-state index in [-0.39, 0.29) is 17.1 Å². The fourth-order valence-electron chi connectivity index (χ4n) is 1.43. The van der Waals surface area contributed by atoms with Gasteiger partial charge in [0, 0.05) is 6.42 Å². The number of ketones is 1. The Morgan fingerprint density at radius 3 is 2.24 bits per heavy atom. The number of benzene rings is 1. The van der Waals surface area contributed by atoms with Crippen molar-refractivity contribution in [1.29, 1.82) is 0 Å². The zero-order valence-electron chi connectivity index (χ0n) is 10.1. The molecule has 0 bridgehead atoms. The van der Waals surface area contributed by atoms with Crippen LogP contribution in [0.5, 0.6) is 5.75 Å². The van der Waals surface area contributed by atoms with E-state index in [1.807, 2.05) is 0 Å². The maximum Gasteiger partial charge on any atom is 0.188 e. The number of carbonyl (C=O) groups excluding carboxylic acids is 1. The average Bonchev–Trinajstić information content (AvgIpc) is 2.36. The highest BCUT2D eigenvalue weighted by Crippen LogP contribution is 2.20. The second-order valence-electron chi connectivity index (χ2n) is 3.68. The predicted octanol–water partition coefficient (Wildman–Crippen LogP) is 1.84. The summed E-state index contributed by atoms with van der Waals surface area (Å²) in [6.07, 6.45) is 0.219. The minimum absolute atomic E-state index is 0.146. The van der Waals surface area contributed by atoms with Crippen LogP contribution in [0.1, 0.15) is 20.3 Å². The van der Waals surface area contributed by atoms with Crippen molar-refractivity contribution in [3.8, 4) is 5.75 Å². The first kappa shape index (κ1) is 13.7. The van der Waals surface area contributed by atoms with Gasteiger partial charge in [0.15, 0.2) is 15.6 Å². The van der Waals surface area contributed by atoms with Crippen LogP contribution in [0, 0.1) is 0 Å². The van der Waals surface area contributed by atoms with Crippen LogP contribution in [-0.4, -0.2) is 26.6 Å². The monoisotopic (exact) mass is 256 g/mol. The molecule has 94 valence electrons. The van der Waals surface area contributed by atoms with Gasteiger partial charge in [-0.3, -0.25) is 4.79 Å². The van der Waals surface area contributed by atoms with Crippen LogP contribution < -0.4 is 4.74 Å². The molecule has 0 saturated heterocycles. The van der Waals surface area contributed by atoms with Crippen molar-refractivity contribution in [3.63, 3.8) is 0 Å². The molecule has 1 aromatic carbocycles. The van der Waals surface area contributed by atoms with Crippen molar-refractivity contribution in [1.82, 2.24) is 0 Å². The molecule has 5 heteroatoms. The molecule has 0 fully saturated rings. The van der Waals surface area contributed by atoms with Gasteiger partial charge in [-0.15, -0.1) is 0 Å². The summed E-state index contributed by atoms with van der Waals surface area (Å²) < 4.78 is 29.1. The van der Waals surface area contributed by atoms with E-state index in [9.17, 15) is 13.2 Å². The highest BCUT2D eigenvalue weighted by atomic mass is 32.2. The Balaban J connectivity index is 3.08. The van der Waals surface area contributed by atoms with Crippen molar-refractivity contribution in [3.05, 3.63) is 24.3 Å². The molecule has 1 rings (SSSR count). The van der Waals surface area contributed by atoms with E-state index in [1.165, 1.54) is 26.2 Å². The van der Waals surface area contributed by atoms with Gasteiger partial charge in [0.1, 0.15) is 11.0 Å². The summed E-state index contributed by atoms with van der Waals surface area (Å²) in [4.78, 5) is 11.6. The molecular formula is C12H16O4S. The Bertz CT molecular complexity index is 488. The molecule has 1 unspecified atom stereocenters. The van der Waals surface area contributed by atoms with Gasteiger partial charge in [0.25, 0.3) is 0 Å². The zero-order valence-corrected chi connectivity index (χ0v) is 11.0. The maximum absolute atomic E-state index is 12.1. The number of methoxy groups -OCH3 is 1. The van der Waals surface area contributed by atoms with Crippen LogP contribution in [0.15, 0.2) is 29.2 Å². The van der Waals surface area contributed by atoms with Crippen molar-refractivity contribution in [2.75, 3.05) is 7.11 Å². The molecule has 1 aromatic rings. The Morgan fingerprint density at radius 2 is 1.82 bits per heavy atom. The van der Waals surface area contributed by atoms with E-state index in [4.69, 9.17) is 4.74 Å². The molecule has 1 atom stereocenters. The molecule has 0 saturated carbocycles. The molecule has 0 spiro atoms. The SMILES string of the molecule is CCC(=O)C(C)S(=O)(=O)c1ccc(OC)cc1. The van der Waals surface area contributed by atoms with Gasteiger partial charge in [-0.25, -0.2) is 8.42 Å². The molecule has 17 heavy (non-hydrogen) atoms. The normalized spacial score (nSPS) is 13.1. The summed E-state index contributed by atoms with van der Waals surface area (Å²) in [6, 6.07) is 6.03. The lowest BCUT2D eigenvalue weighted by Crippen LogP contribution is -2.26. The summed E-state index contributed by atoms with van der Waals surface area (Å²) in [7, 11) is -2.07. The van der Waals surface area contributed by atoms with E-state index in [1.54, 1.807) is 19.1 Å². The minimum Gasteiger partial charge on any atom is -0.497 e. The molecule has 4 nitrogen and oxygen atoms in total. The van der Waals surface area contributed by atoms with Crippen LogP contribution in [0.25, 0.3) is 0 Å². The van der Waals surface area contributed by atoms with E-state index >= 15 is 0 Å². The van der Waals surface area contributed by atoms with Crippen molar-refractivity contribution in [2.45, 2.75) is 30.4 Å². The molecule has 0 aliphatic carbocycles. The maximum atomic E-state index is 12.1. The molecule has 0 aliphatic heterocycles. The van der Waals surface area contributed by atoms with Crippen LogP contribution in [-0.2, 0) is 14.6 Å². The van der Waals surface area contributed by atoms with E-state index in [0.717, 1.165) is 0 Å². The molecule has 0 aliphatic rings. The lowest BCUT2D eigenvalue weighted by molar-refractivity contribution is -0.118. The van der Waals surface area contributed by atoms with Gasteiger partial charge in [-0.05, 0) is 31.2 Å². The lowest BCUT2D eigenvalue weighted by Gasteiger charge is -2.11. The summed E-state index contributed by atoms with van der Waals surface area (Å²) >= 11 is 0. The molecule has 0 amide bonds. The third-order valence-electron chi connectivity index (χ3n) is 2.66. The molecule has 0 N–H and O–H groups in total. The molecule has 0 aromatic heterocycles. The number of hydrogen-bond acceptors (Lipinski definition) is 4. The highest BCUT2D eigenvalue weighted by Gasteiger charge is 2.28. The average molecular weight is 256 g/mol. The summed E-state index contributed by atoms with van der Waals surface area (Å²) in [5.74, 6) is 0.305. The third kappa shape index (κ3) is 2.85. The smallest absolute Gasteiger partial charge is 0.188 e. The summed E-state index contributed by atoms with van der Waals surface area (Å²) in [5.41, 5.74) is 0. The van der Waals surface area contributed by atoms with E-state index < -0.39 is 15.1 Å². The van der Waals surface area contributed by atoms with Gasteiger partial charge in [-0.1, -0.05) is 6.92 Å². The topological polar surface area (TPSA) is 60.4 Å². The third-order valence-corrected chi connectivity index (χ3v) is 4.78. The first-order valence-electron chi connectivity index (χ1n) is 5.34. The molecule has 0 radical (unpaired) electrons. The number of Topliss-reactive ketones (excluding diaryl/α,β-unsaturated/α-hetero) is 1. The lowest BCUT2D eigenvalue weighted by atomic mass is 10.2. The Kier molecular flexibility index (Phi) is 4.28. The number of rotatable bonds is 5.